The summed E-state index contributed by atoms with van der Waals surface area (Å²) in [7, 11) is 1.74. The number of Topliss-reactive ketones (excluding diaryl/α,β-unsaturated/α-hetero) is 1. The lowest BCUT2D eigenvalue weighted by Crippen LogP contribution is -2.07. The molecule has 0 unspecified atom stereocenters. The Morgan fingerprint density at radius 3 is 2.92 bits per heavy atom. The molecular weight excluding hydrogens is 188 g/mol. The lowest BCUT2D eigenvalue weighted by atomic mass is 10.1. The second-order valence-electron chi connectivity index (χ2n) is 3.54. The maximum absolute atomic E-state index is 11.7. The van der Waals surface area contributed by atoms with Gasteiger partial charge in [-0.25, -0.2) is 0 Å². The largest absolute Gasteiger partial charge is 0.292 e. The van der Waals surface area contributed by atoms with Gasteiger partial charge in [0.25, 0.3) is 0 Å². The topological polar surface area (TPSA) is 34.9 Å². The summed E-state index contributed by atoms with van der Waals surface area (Å²) in [6.45, 7) is 0. The van der Waals surface area contributed by atoms with E-state index in [1.807, 2.05) is 0 Å². The average molecular weight is 199 g/mol. The Bertz CT molecular complexity index is 322. The molecule has 0 spiro atoms. The van der Waals surface area contributed by atoms with Crippen molar-refractivity contribution in [2.75, 3.05) is 0 Å². The summed E-state index contributed by atoms with van der Waals surface area (Å²) >= 11 is 5.84. The van der Waals surface area contributed by atoms with Gasteiger partial charge in [-0.3, -0.25) is 9.48 Å². The Kier molecular flexibility index (Phi) is 2.12. The third-order valence-corrected chi connectivity index (χ3v) is 2.61. The number of nitrogens with zero attached hydrogens (tertiary/aromatic N) is 2. The van der Waals surface area contributed by atoms with E-state index in [4.69, 9.17) is 11.6 Å². The summed E-state index contributed by atoms with van der Waals surface area (Å²) in [6.07, 6.45) is 4.50. The van der Waals surface area contributed by atoms with Crippen LogP contribution in [0.4, 0.5) is 0 Å². The first-order chi connectivity index (χ1) is 6.18. The Morgan fingerprint density at radius 1 is 1.77 bits per heavy atom. The van der Waals surface area contributed by atoms with Crippen molar-refractivity contribution in [3.63, 3.8) is 0 Å². The van der Waals surface area contributed by atoms with E-state index in [1.54, 1.807) is 11.7 Å². The number of aromatic nitrogens is 2. The highest BCUT2D eigenvalue weighted by atomic mass is 35.5. The van der Waals surface area contributed by atoms with E-state index >= 15 is 0 Å². The summed E-state index contributed by atoms with van der Waals surface area (Å²) in [4.78, 5) is 11.7. The van der Waals surface area contributed by atoms with Gasteiger partial charge in [0, 0.05) is 13.5 Å². The van der Waals surface area contributed by atoms with Crippen LogP contribution in [-0.2, 0) is 7.05 Å². The molecule has 1 saturated carbocycles. The maximum Gasteiger partial charge on any atom is 0.182 e. The molecule has 1 aliphatic carbocycles. The lowest BCUT2D eigenvalue weighted by Gasteiger charge is -2.00. The van der Waals surface area contributed by atoms with Gasteiger partial charge >= 0.3 is 0 Å². The zero-order valence-electron chi connectivity index (χ0n) is 7.46. The van der Waals surface area contributed by atoms with E-state index in [1.165, 1.54) is 19.0 Å². The van der Waals surface area contributed by atoms with Crippen molar-refractivity contribution >= 4 is 17.4 Å². The van der Waals surface area contributed by atoms with E-state index in [0.717, 1.165) is 0 Å². The average Bonchev–Trinajstić information content (AvgIpc) is 2.79. The summed E-state index contributed by atoms with van der Waals surface area (Å²) in [5.74, 6) is 0.714. The van der Waals surface area contributed by atoms with Crippen molar-refractivity contribution in [2.24, 2.45) is 13.0 Å². The number of carbonyl (C=O) groups is 1. The molecule has 0 saturated heterocycles. The van der Waals surface area contributed by atoms with Crippen LogP contribution in [-0.4, -0.2) is 15.6 Å². The number of hydrogen-bond acceptors (Lipinski definition) is 2. The smallest absolute Gasteiger partial charge is 0.182 e. The van der Waals surface area contributed by atoms with Crippen LogP contribution in [0.5, 0.6) is 0 Å². The molecule has 0 N–H and O–H groups in total. The molecule has 1 aliphatic rings. The van der Waals surface area contributed by atoms with E-state index in [9.17, 15) is 4.79 Å². The Labute approximate surface area is 81.7 Å². The quantitative estimate of drug-likeness (QED) is 0.697. The predicted octanol–water partition coefficient (Wildman–Crippen LogP) is 2.06. The fourth-order valence-electron chi connectivity index (χ4n) is 1.41. The molecule has 4 heteroatoms. The van der Waals surface area contributed by atoms with Gasteiger partial charge in [-0.05, 0) is 18.8 Å². The van der Waals surface area contributed by atoms with E-state index in [2.05, 4.69) is 5.10 Å². The highest BCUT2D eigenvalue weighted by Crippen LogP contribution is 2.34. The lowest BCUT2D eigenvalue weighted by molar-refractivity contribution is 0.0967. The van der Waals surface area contributed by atoms with Crippen LogP contribution in [0.1, 0.15) is 29.8 Å². The molecule has 0 aromatic carbocycles. The number of halogens is 1. The first kappa shape index (κ1) is 8.75. The molecule has 0 radical (unpaired) electrons. The van der Waals surface area contributed by atoms with Crippen molar-refractivity contribution < 1.29 is 4.79 Å². The highest BCUT2D eigenvalue weighted by Gasteiger charge is 2.27. The van der Waals surface area contributed by atoms with Gasteiger partial charge in [-0.15, -0.1) is 0 Å². The van der Waals surface area contributed by atoms with Crippen LogP contribution >= 0.6 is 11.6 Å². The van der Waals surface area contributed by atoms with Gasteiger partial charge in [0.15, 0.2) is 5.78 Å². The first-order valence-electron chi connectivity index (χ1n) is 4.39. The Morgan fingerprint density at radius 2 is 2.46 bits per heavy atom. The number of hydrogen-bond donors (Lipinski definition) is 0. The summed E-state index contributed by atoms with van der Waals surface area (Å²) < 4.78 is 1.55. The minimum Gasteiger partial charge on any atom is -0.292 e. The standard InChI is InChI=1S/C9H11ClN2O/c1-12-9(7(10)5-11-12)8(13)4-6-2-3-6/h5-6H,2-4H2,1H3. The van der Waals surface area contributed by atoms with Crippen molar-refractivity contribution in [1.29, 1.82) is 0 Å². The monoisotopic (exact) mass is 198 g/mol. The summed E-state index contributed by atoms with van der Waals surface area (Å²) in [6, 6.07) is 0. The molecule has 2 rings (SSSR count). The van der Waals surface area contributed by atoms with Crippen molar-refractivity contribution in [3.05, 3.63) is 16.9 Å². The summed E-state index contributed by atoms with van der Waals surface area (Å²) in [5.41, 5.74) is 0.550. The molecule has 0 aliphatic heterocycles. The molecule has 3 nitrogen and oxygen atoms in total. The summed E-state index contributed by atoms with van der Waals surface area (Å²) in [5, 5.41) is 4.39. The molecule has 0 bridgehead atoms. The molecule has 0 atom stereocenters. The van der Waals surface area contributed by atoms with Gasteiger partial charge in [-0.1, -0.05) is 11.6 Å². The number of ketones is 1. The van der Waals surface area contributed by atoms with Gasteiger partial charge in [0.05, 0.1) is 11.2 Å². The minimum absolute atomic E-state index is 0.118. The molecule has 1 fully saturated rings. The zero-order chi connectivity index (χ0) is 9.42. The van der Waals surface area contributed by atoms with Gasteiger partial charge in [0.2, 0.25) is 0 Å². The number of aryl methyl sites for hydroxylation is 1. The second-order valence-corrected chi connectivity index (χ2v) is 3.94. The third-order valence-electron chi connectivity index (χ3n) is 2.33. The Hall–Kier alpha value is -0.830. The number of rotatable bonds is 3. The SMILES string of the molecule is Cn1ncc(Cl)c1C(=O)CC1CC1. The van der Waals surface area contributed by atoms with Crippen LogP contribution in [0, 0.1) is 5.92 Å². The van der Waals surface area contributed by atoms with Crippen LogP contribution in [0.2, 0.25) is 5.02 Å². The molecule has 70 valence electrons. The third kappa shape index (κ3) is 1.75. The van der Waals surface area contributed by atoms with E-state index < -0.39 is 0 Å². The fourth-order valence-corrected chi connectivity index (χ4v) is 1.68. The normalized spacial score (nSPS) is 16.2. The van der Waals surface area contributed by atoms with Crippen molar-refractivity contribution in [3.8, 4) is 0 Å². The Balaban J connectivity index is 2.17. The predicted molar refractivity (Wildman–Crippen MR) is 49.9 cm³/mol. The van der Waals surface area contributed by atoms with Crippen LogP contribution in [0.25, 0.3) is 0 Å². The first-order valence-corrected chi connectivity index (χ1v) is 4.77. The van der Waals surface area contributed by atoms with Crippen molar-refractivity contribution in [2.45, 2.75) is 19.3 Å². The molecule has 13 heavy (non-hydrogen) atoms. The zero-order valence-corrected chi connectivity index (χ0v) is 8.21. The second kappa shape index (κ2) is 3.14. The van der Waals surface area contributed by atoms with Gasteiger partial charge in [-0.2, -0.15) is 5.10 Å². The van der Waals surface area contributed by atoms with Crippen LogP contribution in [0.3, 0.4) is 0 Å². The highest BCUT2D eigenvalue weighted by molar-refractivity contribution is 6.33. The molecule has 1 heterocycles. The van der Waals surface area contributed by atoms with Crippen molar-refractivity contribution in [1.82, 2.24) is 9.78 Å². The minimum atomic E-state index is 0.118. The molecule has 1 aromatic heterocycles. The van der Waals surface area contributed by atoms with Crippen LogP contribution in [0.15, 0.2) is 6.20 Å². The van der Waals surface area contributed by atoms with E-state index in [-0.39, 0.29) is 5.78 Å². The van der Waals surface area contributed by atoms with E-state index in [0.29, 0.717) is 23.1 Å². The number of carbonyl (C=O) groups excluding carboxylic acids is 1. The molecule has 1 aromatic rings. The molecule has 0 amide bonds. The fraction of sp³-hybridized carbons (Fsp3) is 0.556. The van der Waals surface area contributed by atoms with Crippen LogP contribution < -0.4 is 0 Å². The molecular formula is C9H11ClN2O. The van der Waals surface area contributed by atoms with Gasteiger partial charge < -0.3 is 0 Å². The maximum atomic E-state index is 11.7. The van der Waals surface area contributed by atoms with Gasteiger partial charge in [0.1, 0.15) is 5.69 Å².